The molecule has 1 amide bonds. The van der Waals surface area contributed by atoms with Crippen LogP contribution in [0, 0.1) is 0 Å². The summed E-state index contributed by atoms with van der Waals surface area (Å²) < 4.78 is 27.3. The van der Waals surface area contributed by atoms with Crippen LogP contribution in [0.1, 0.15) is 29.6 Å². The number of piperidine rings is 1. The molecule has 7 nitrogen and oxygen atoms in total. The Hall–Kier alpha value is -2.33. The quantitative estimate of drug-likeness (QED) is 0.610. The second kappa shape index (κ2) is 8.81. The molecule has 4 rings (SSSR count). The maximum atomic E-state index is 12.9. The van der Waals surface area contributed by atoms with E-state index in [2.05, 4.69) is 15.3 Å². The lowest BCUT2D eigenvalue weighted by Gasteiger charge is -2.26. The summed E-state index contributed by atoms with van der Waals surface area (Å²) in [5.74, 6) is -0.516. The third kappa shape index (κ3) is 4.39. The number of sulfonamides is 1. The van der Waals surface area contributed by atoms with E-state index in [1.807, 2.05) is 18.2 Å². The van der Waals surface area contributed by atoms with E-state index in [1.165, 1.54) is 33.8 Å². The minimum Gasteiger partial charge on any atom is -0.298 e. The minimum atomic E-state index is -3.67. The van der Waals surface area contributed by atoms with Crippen molar-refractivity contribution in [2.75, 3.05) is 18.4 Å². The first-order valence-corrected chi connectivity index (χ1v) is 12.1. The first-order valence-electron chi connectivity index (χ1n) is 9.43. The Morgan fingerprint density at radius 3 is 2.63 bits per heavy atom. The number of carbonyl (C=O) groups is 1. The number of carbonyl (C=O) groups excluding carboxylic acids is 1. The number of anilines is 1. The van der Waals surface area contributed by atoms with E-state index in [4.69, 9.17) is 11.6 Å². The number of benzene rings is 1. The summed E-state index contributed by atoms with van der Waals surface area (Å²) in [6.45, 7) is 0.976. The maximum absolute atomic E-state index is 12.9. The van der Waals surface area contributed by atoms with Gasteiger partial charge in [0.2, 0.25) is 10.0 Å². The predicted molar refractivity (Wildman–Crippen MR) is 117 cm³/mol. The fourth-order valence-corrected chi connectivity index (χ4v) is 5.67. The molecule has 30 heavy (non-hydrogen) atoms. The molecule has 1 aliphatic heterocycles. The van der Waals surface area contributed by atoms with Gasteiger partial charge in [-0.25, -0.2) is 13.4 Å². The average Bonchev–Trinajstić information content (AvgIpc) is 3.23. The number of hydrogen-bond acceptors (Lipinski definition) is 6. The highest BCUT2D eigenvalue weighted by molar-refractivity contribution is 7.89. The van der Waals surface area contributed by atoms with Crippen molar-refractivity contribution >= 4 is 44.0 Å². The topological polar surface area (TPSA) is 92.3 Å². The summed E-state index contributed by atoms with van der Waals surface area (Å²) in [4.78, 5) is 21.5. The van der Waals surface area contributed by atoms with Crippen molar-refractivity contribution in [2.24, 2.45) is 0 Å². The monoisotopic (exact) mass is 462 g/mol. The largest absolute Gasteiger partial charge is 0.298 e. The first kappa shape index (κ1) is 20.9. The van der Waals surface area contributed by atoms with Crippen LogP contribution in [0.3, 0.4) is 0 Å². The van der Waals surface area contributed by atoms with Gasteiger partial charge in [-0.2, -0.15) is 4.31 Å². The van der Waals surface area contributed by atoms with E-state index in [0.717, 1.165) is 19.3 Å². The molecule has 1 aromatic carbocycles. The third-order valence-electron chi connectivity index (χ3n) is 4.79. The van der Waals surface area contributed by atoms with Crippen LogP contribution in [0.25, 0.3) is 11.4 Å². The third-order valence-corrected chi connectivity index (χ3v) is 7.77. The van der Waals surface area contributed by atoms with Crippen molar-refractivity contribution in [3.05, 3.63) is 58.6 Å². The highest BCUT2D eigenvalue weighted by Gasteiger charge is 2.27. The van der Waals surface area contributed by atoms with Crippen molar-refractivity contribution < 1.29 is 13.2 Å². The van der Waals surface area contributed by atoms with Crippen LogP contribution < -0.4 is 5.32 Å². The second-order valence-electron chi connectivity index (χ2n) is 6.81. The Bertz CT molecular complexity index is 1160. The molecule has 0 atom stereocenters. The number of aromatic nitrogens is 2. The van der Waals surface area contributed by atoms with Crippen molar-refractivity contribution in [3.63, 3.8) is 0 Å². The zero-order chi connectivity index (χ0) is 21.1. The average molecular weight is 463 g/mol. The molecule has 0 radical (unpaired) electrons. The SMILES string of the molecule is O=C(Nc1nc(-c2ccccn2)cs1)c1cc(S(=O)(=O)N2CCCCC2)ccc1Cl. The van der Waals surface area contributed by atoms with Crippen LogP contribution in [0.4, 0.5) is 5.13 Å². The molecule has 3 aromatic rings. The zero-order valence-electron chi connectivity index (χ0n) is 15.9. The fourth-order valence-electron chi connectivity index (χ4n) is 3.22. The van der Waals surface area contributed by atoms with Crippen LogP contribution >= 0.6 is 22.9 Å². The number of hydrogen-bond donors (Lipinski definition) is 1. The number of nitrogens with one attached hydrogen (secondary N) is 1. The van der Waals surface area contributed by atoms with Gasteiger partial charge in [-0.15, -0.1) is 11.3 Å². The highest BCUT2D eigenvalue weighted by atomic mass is 35.5. The van der Waals surface area contributed by atoms with E-state index in [1.54, 1.807) is 11.6 Å². The van der Waals surface area contributed by atoms with Gasteiger partial charge in [0.15, 0.2) is 5.13 Å². The molecule has 10 heteroatoms. The molecule has 0 saturated carbocycles. The summed E-state index contributed by atoms with van der Waals surface area (Å²) in [7, 11) is -3.67. The van der Waals surface area contributed by atoms with Crippen LogP contribution in [-0.2, 0) is 10.0 Å². The van der Waals surface area contributed by atoms with Gasteiger partial charge in [-0.3, -0.25) is 15.1 Å². The highest BCUT2D eigenvalue weighted by Crippen LogP contribution is 2.27. The van der Waals surface area contributed by atoms with Gasteiger partial charge in [0.1, 0.15) is 5.69 Å². The summed E-state index contributed by atoms with van der Waals surface area (Å²) in [6, 6.07) is 9.70. The lowest BCUT2D eigenvalue weighted by Crippen LogP contribution is -2.35. The van der Waals surface area contributed by atoms with Crippen LogP contribution in [-0.4, -0.2) is 41.7 Å². The number of nitrogens with zero attached hydrogens (tertiary/aromatic N) is 3. The molecule has 1 saturated heterocycles. The lowest BCUT2D eigenvalue weighted by molar-refractivity contribution is 0.102. The van der Waals surface area contributed by atoms with Crippen LogP contribution in [0.5, 0.6) is 0 Å². The van der Waals surface area contributed by atoms with Crippen molar-refractivity contribution in [1.29, 1.82) is 0 Å². The number of halogens is 1. The van der Waals surface area contributed by atoms with Crippen molar-refractivity contribution in [3.8, 4) is 11.4 Å². The zero-order valence-corrected chi connectivity index (χ0v) is 18.3. The van der Waals surface area contributed by atoms with Gasteiger partial charge >= 0.3 is 0 Å². The van der Waals surface area contributed by atoms with Gasteiger partial charge in [0.05, 0.1) is 21.2 Å². The molecule has 1 N–H and O–H groups in total. The van der Waals surface area contributed by atoms with Gasteiger partial charge in [0.25, 0.3) is 5.91 Å². The van der Waals surface area contributed by atoms with E-state index >= 15 is 0 Å². The molecular weight excluding hydrogens is 444 g/mol. The minimum absolute atomic E-state index is 0.0623. The summed E-state index contributed by atoms with van der Waals surface area (Å²) in [5, 5.41) is 5.03. The number of rotatable bonds is 5. The van der Waals surface area contributed by atoms with Gasteiger partial charge in [0, 0.05) is 24.7 Å². The Morgan fingerprint density at radius 2 is 1.90 bits per heavy atom. The standard InChI is InChI=1S/C20H19ClN4O3S2/c21-16-8-7-14(30(27,28)25-10-4-1-5-11-25)12-15(16)19(26)24-20-23-18(13-29-20)17-6-2-3-9-22-17/h2-3,6-9,12-13H,1,4-5,10-11H2,(H,23,24,26). The Kier molecular flexibility index (Phi) is 6.14. The van der Waals surface area contributed by atoms with Gasteiger partial charge < -0.3 is 0 Å². The fraction of sp³-hybridized carbons (Fsp3) is 0.250. The molecule has 156 valence electrons. The normalized spacial score (nSPS) is 15.1. The molecule has 3 heterocycles. The van der Waals surface area contributed by atoms with Crippen LogP contribution in [0.2, 0.25) is 5.02 Å². The molecule has 0 spiro atoms. The molecule has 2 aromatic heterocycles. The second-order valence-corrected chi connectivity index (χ2v) is 10.0. The van der Waals surface area contributed by atoms with E-state index in [0.29, 0.717) is 29.6 Å². The Balaban J connectivity index is 1.56. The molecule has 0 unspecified atom stereocenters. The van der Waals surface area contributed by atoms with E-state index in [-0.39, 0.29) is 15.5 Å². The molecule has 1 aliphatic rings. The van der Waals surface area contributed by atoms with E-state index < -0.39 is 15.9 Å². The lowest BCUT2D eigenvalue weighted by atomic mass is 10.2. The smallest absolute Gasteiger partial charge is 0.259 e. The number of thiazole rings is 1. The van der Waals surface area contributed by atoms with E-state index in [9.17, 15) is 13.2 Å². The summed E-state index contributed by atoms with van der Waals surface area (Å²) >= 11 is 7.45. The molecular formula is C20H19ClN4O3S2. The summed E-state index contributed by atoms with van der Waals surface area (Å²) in [5.41, 5.74) is 1.43. The molecule has 0 aliphatic carbocycles. The Morgan fingerprint density at radius 1 is 1.10 bits per heavy atom. The van der Waals surface area contributed by atoms with Crippen LogP contribution in [0.15, 0.2) is 52.9 Å². The van der Waals surface area contributed by atoms with Crippen molar-refractivity contribution in [2.45, 2.75) is 24.2 Å². The number of pyridine rings is 1. The van der Waals surface area contributed by atoms with Gasteiger partial charge in [-0.05, 0) is 43.2 Å². The Labute approximate surface area is 183 Å². The summed E-state index contributed by atoms with van der Waals surface area (Å²) in [6.07, 6.45) is 4.36. The first-order chi connectivity index (χ1) is 14.4. The maximum Gasteiger partial charge on any atom is 0.259 e. The molecule has 1 fully saturated rings. The predicted octanol–water partition coefficient (Wildman–Crippen LogP) is 4.29. The van der Waals surface area contributed by atoms with Crippen molar-refractivity contribution in [1.82, 2.24) is 14.3 Å². The molecule has 0 bridgehead atoms. The van der Waals surface area contributed by atoms with Gasteiger partial charge in [-0.1, -0.05) is 24.1 Å². The number of amides is 1.